The summed E-state index contributed by atoms with van der Waals surface area (Å²) >= 11 is 0. The number of nitrogens with zero attached hydrogens (tertiary/aromatic N) is 3. The minimum Gasteiger partial charge on any atom is -0.449 e. The molecule has 0 radical (unpaired) electrons. The van der Waals surface area contributed by atoms with E-state index in [2.05, 4.69) is 10.4 Å². The lowest BCUT2D eigenvalue weighted by atomic mass is 10.1. The molecule has 0 spiro atoms. The molecule has 0 bridgehead atoms. The molecule has 10 nitrogen and oxygen atoms in total. The van der Waals surface area contributed by atoms with Crippen LogP contribution in [0.5, 0.6) is 0 Å². The van der Waals surface area contributed by atoms with E-state index in [0.29, 0.717) is 24.5 Å². The van der Waals surface area contributed by atoms with E-state index in [1.807, 2.05) is 18.2 Å². The van der Waals surface area contributed by atoms with Gasteiger partial charge in [-0.05, 0) is 61.5 Å². The Morgan fingerprint density at radius 3 is 2.41 bits per heavy atom. The Hall–Kier alpha value is -4.39. The summed E-state index contributed by atoms with van der Waals surface area (Å²) in [6, 6.07) is 20.5. The van der Waals surface area contributed by atoms with Gasteiger partial charge in [-0.2, -0.15) is 9.40 Å². The third kappa shape index (κ3) is 6.35. The van der Waals surface area contributed by atoms with E-state index in [1.54, 1.807) is 18.2 Å². The van der Waals surface area contributed by atoms with Crippen molar-refractivity contribution < 1.29 is 31.9 Å². The highest BCUT2D eigenvalue weighted by molar-refractivity contribution is 7.89. The average Bonchev–Trinajstić information content (AvgIpc) is 3.44. The van der Waals surface area contributed by atoms with E-state index < -0.39 is 33.8 Å². The summed E-state index contributed by atoms with van der Waals surface area (Å²) < 4.78 is 53.1. The first-order valence-corrected chi connectivity index (χ1v) is 14.3. The number of morpholine rings is 1. The minimum absolute atomic E-state index is 0.0270. The van der Waals surface area contributed by atoms with E-state index in [0.717, 1.165) is 0 Å². The Kier molecular flexibility index (Phi) is 8.24. The quantitative estimate of drug-likeness (QED) is 0.315. The monoisotopic (exact) mass is 578 g/mol. The topological polar surface area (TPSA) is 120 Å². The highest BCUT2D eigenvalue weighted by Crippen LogP contribution is 2.26. The molecule has 1 saturated heterocycles. The molecular weight excluding hydrogens is 551 g/mol. The van der Waals surface area contributed by atoms with Gasteiger partial charge in [0.05, 0.1) is 23.8 Å². The lowest BCUT2D eigenvalue weighted by Gasteiger charge is -2.26. The number of aromatic nitrogens is 2. The van der Waals surface area contributed by atoms with Crippen molar-refractivity contribution >= 4 is 27.6 Å². The summed E-state index contributed by atoms with van der Waals surface area (Å²) in [7, 11) is -3.77. The predicted molar refractivity (Wildman–Crippen MR) is 148 cm³/mol. The molecule has 1 aliphatic heterocycles. The van der Waals surface area contributed by atoms with E-state index in [-0.39, 0.29) is 34.9 Å². The lowest BCUT2D eigenvalue weighted by molar-refractivity contribution is -0.123. The second kappa shape index (κ2) is 12.0. The summed E-state index contributed by atoms with van der Waals surface area (Å²) in [6.07, 6.45) is 0.254. The number of anilines is 1. The average molecular weight is 579 g/mol. The maximum Gasteiger partial charge on any atom is 0.342 e. The zero-order valence-corrected chi connectivity index (χ0v) is 22.9. The maximum atomic E-state index is 13.6. The second-order valence-electron chi connectivity index (χ2n) is 9.26. The van der Waals surface area contributed by atoms with E-state index >= 15 is 0 Å². The molecule has 1 aromatic heterocycles. The predicted octanol–water partition coefficient (Wildman–Crippen LogP) is 3.88. The normalized spacial score (nSPS) is 14.8. The molecule has 1 fully saturated rings. The number of rotatable bonds is 8. The number of para-hydroxylation sites is 1. The van der Waals surface area contributed by atoms with Crippen LogP contribution in [0.15, 0.2) is 90.0 Å². The number of esters is 1. The number of amides is 1. The van der Waals surface area contributed by atoms with Gasteiger partial charge in [-0.1, -0.05) is 24.3 Å². The van der Waals surface area contributed by atoms with Crippen molar-refractivity contribution in [2.24, 2.45) is 0 Å². The molecule has 2 heterocycles. The zero-order chi connectivity index (χ0) is 29.0. The van der Waals surface area contributed by atoms with Crippen molar-refractivity contribution in [3.63, 3.8) is 0 Å². The molecule has 4 aromatic rings. The van der Waals surface area contributed by atoms with Gasteiger partial charge in [0.25, 0.3) is 5.91 Å². The molecular formula is C29H27FN4O6S. The summed E-state index contributed by atoms with van der Waals surface area (Å²) in [5, 5.41) is 7.13. The SMILES string of the molecule is C[C@H](OC(=O)c1cn(-c2ccccc2)nc1-c1ccc(F)cc1)C(=O)Nc1cccc(S(=O)(=O)N2CCOCC2)c1. The standard InChI is InChI=1S/C29H27FN4O6S/c1-20(28(35)31-23-6-5-9-25(18-23)41(37,38)33-14-16-39-17-15-33)40-29(36)26-19-34(24-7-3-2-4-8-24)32-27(26)21-10-12-22(30)13-11-21/h2-13,18-20H,14-17H2,1H3,(H,31,35)/t20-/m0/s1. The molecule has 12 heteroatoms. The minimum atomic E-state index is -3.77. The summed E-state index contributed by atoms with van der Waals surface area (Å²) in [6.45, 7) is 2.51. The Balaban J connectivity index is 1.33. The largest absolute Gasteiger partial charge is 0.449 e. The van der Waals surface area contributed by atoms with Crippen molar-refractivity contribution in [3.05, 3.63) is 96.4 Å². The van der Waals surface area contributed by atoms with Crippen molar-refractivity contribution in [3.8, 4) is 16.9 Å². The fraction of sp³-hybridized carbons (Fsp3) is 0.207. The van der Waals surface area contributed by atoms with Gasteiger partial charge in [0.2, 0.25) is 10.0 Å². The van der Waals surface area contributed by atoms with Crippen LogP contribution < -0.4 is 5.32 Å². The summed E-state index contributed by atoms with van der Waals surface area (Å²) in [5.41, 5.74) is 1.75. The van der Waals surface area contributed by atoms with Crippen molar-refractivity contribution in [2.45, 2.75) is 17.9 Å². The summed E-state index contributed by atoms with van der Waals surface area (Å²) in [4.78, 5) is 26.2. The maximum absolute atomic E-state index is 13.6. The molecule has 1 amide bonds. The Morgan fingerprint density at radius 2 is 1.71 bits per heavy atom. The number of hydrogen-bond donors (Lipinski definition) is 1. The molecule has 0 unspecified atom stereocenters. The molecule has 212 valence electrons. The molecule has 41 heavy (non-hydrogen) atoms. The first-order chi connectivity index (χ1) is 19.7. The molecule has 0 aliphatic carbocycles. The highest BCUT2D eigenvalue weighted by atomic mass is 32.2. The van der Waals surface area contributed by atoms with Crippen LogP contribution in [-0.2, 0) is 24.3 Å². The fourth-order valence-corrected chi connectivity index (χ4v) is 5.70. The molecule has 3 aromatic carbocycles. The zero-order valence-electron chi connectivity index (χ0n) is 22.1. The van der Waals surface area contributed by atoms with Gasteiger partial charge in [0.1, 0.15) is 17.1 Å². The van der Waals surface area contributed by atoms with E-state index in [9.17, 15) is 22.4 Å². The number of sulfonamides is 1. The second-order valence-corrected chi connectivity index (χ2v) is 11.2. The van der Waals surface area contributed by atoms with Crippen LogP contribution in [-0.4, -0.2) is 66.8 Å². The number of benzene rings is 3. The van der Waals surface area contributed by atoms with Gasteiger partial charge < -0.3 is 14.8 Å². The number of ether oxygens (including phenoxy) is 2. The van der Waals surface area contributed by atoms with Crippen molar-refractivity contribution in [2.75, 3.05) is 31.6 Å². The number of halogens is 1. The van der Waals surface area contributed by atoms with Crippen LogP contribution in [0.1, 0.15) is 17.3 Å². The Morgan fingerprint density at radius 1 is 1.00 bits per heavy atom. The van der Waals surface area contributed by atoms with Crippen LogP contribution in [0.3, 0.4) is 0 Å². The number of carbonyl (C=O) groups excluding carboxylic acids is 2. The van der Waals surface area contributed by atoms with Crippen molar-refractivity contribution in [1.82, 2.24) is 14.1 Å². The highest BCUT2D eigenvalue weighted by Gasteiger charge is 2.28. The van der Waals surface area contributed by atoms with Crippen LogP contribution in [0.2, 0.25) is 0 Å². The van der Waals surface area contributed by atoms with Crippen LogP contribution in [0.25, 0.3) is 16.9 Å². The van der Waals surface area contributed by atoms with Gasteiger partial charge in [0.15, 0.2) is 6.10 Å². The molecule has 1 atom stereocenters. The Labute approximate surface area is 236 Å². The third-order valence-corrected chi connectivity index (χ3v) is 8.33. The van der Waals surface area contributed by atoms with Gasteiger partial charge in [0, 0.05) is 30.5 Å². The molecule has 1 aliphatic rings. The molecule has 1 N–H and O–H groups in total. The van der Waals surface area contributed by atoms with Gasteiger partial charge >= 0.3 is 5.97 Å². The van der Waals surface area contributed by atoms with Gasteiger partial charge in [-0.15, -0.1) is 0 Å². The first-order valence-electron chi connectivity index (χ1n) is 12.8. The lowest BCUT2D eigenvalue weighted by Crippen LogP contribution is -2.40. The van der Waals surface area contributed by atoms with Crippen LogP contribution in [0.4, 0.5) is 10.1 Å². The van der Waals surface area contributed by atoms with E-state index in [4.69, 9.17) is 9.47 Å². The van der Waals surface area contributed by atoms with Crippen molar-refractivity contribution in [1.29, 1.82) is 0 Å². The Bertz CT molecular complexity index is 1650. The van der Waals surface area contributed by atoms with Gasteiger partial charge in [-0.3, -0.25) is 4.79 Å². The number of nitrogens with one attached hydrogen (secondary N) is 1. The fourth-order valence-electron chi connectivity index (χ4n) is 4.25. The van der Waals surface area contributed by atoms with E-state index in [1.165, 1.54) is 64.6 Å². The van der Waals surface area contributed by atoms with Crippen LogP contribution in [0, 0.1) is 5.82 Å². The third-order valence-electron chi connectivity index (χ3n) is 6.43. The van der Waals surface area contributed by atoms with Crippen LogP contribution >= 0.6 is 0 Å². The molecule has 0 saturated carbocycles. The number of hydrogen-bond acceptors (Lipinski definition) is 7. The first kappa shape index (κ1) is 28.1. The van der Waals surface area contributed by atoms with Gasteiger partial charge in [-0.25, -0.2) is 22.3 Å². The smallest absolute Gasteiger partial charge is 0.342 e. The molecule has 5 rings (SSSR count). The summed E-state index contributed by atoms with van der Waals surface area (Å²) in [5.74, 6) is -1.90. The number of carbonyl (C=O) groups is 2.